The molecule has 1 aliphatic heterocycles. The molecule has 150 valence electrons. The van der Waals surface area contributed by atoms with Crippen molar-refractivity contribution in [3.8, 4) is 11.5 Å². The fourth-order valence-electron chi connectivity index (χ4n) is 2.55. The number of benzene rings is 2. The molecule has 30 heavy (non-hydrogen) atoms. The molecule has 2 aromatic carbocycles. The lowest BCUT2D eigenvalue weighted by Crippen LogP contribution is -2.17. The van der Waals surface area contributed by atoms with Gasteiger partial charge in [-0.2, -0.15) is 5.10 Å². The highest BCUT2D eigenvalue weighted by Crippen LogP contribution is 2.33. The lowest BCUT2D eigenvalue weighted by atomic mass is 10.2. The van der Waals surface area contributed by atoms with Crippen LogP contribution in [-0.4, -0.2) is 33.8 Å². The third-order valence-electron chi connectivity index (χ3n) is 3.94. The number of hydrogen-bond donors (Lipinski definition) is 1. The normalized spacial score (nSPS) is 12.1. The Labute approximate surface area is 174 Å². The number of ether oxygens (including phenoxy) is 2. The van der Waals surface area contributed by atoms with E-state index in [9.17, 15) is 14.9 Å². The molecule has 10 nitrogen and oxygen atoms in total. The van der Waals surface area contributed by atoms with E-state index in [1.807, 2.05) is 0 Å². The Hall–Kier alpha value is -3.99. The molecule has 1 aliphatic rings. The minimum Gasteiger partial charge on any atom is -0.454 e. The van der Waals surface area contributed by atoms with Crippen LogP contribution in [0.4, 0.5) is 5.69 Å². The third-order valence-corrected chi connectivity index (χ3v) is 4.90. The zero-order valence-electron chi connectivity index (χ0n) is 15.2. The van der Waals surface area contributed by atoms with Crippen LogP contribution in [0.5, 0.6) is 11.5 Å². The quantitative estimate of drug-likeness (QED) is 0.277. The molecule has 0 unspecified atom stereocenters. The Balaban J connectivity index is 1.46. The first kappa shape index (κ1) is 19.3. The van der Waals surface area contributed by atoms with Crippen molar-refractivity contribution in [2.75, 3.05) is 6.79 Å². The largest absolute Gasteiger partial charge is 0.454 e. The van der Waals surface area contributed by atoms with Crippen LogP contribution in [-0.2, 0) is 0 Å². The van der Waals surface area contributed by atoms with E-state index in [1.54, 1.807) is 48.8 Å². The second-order valence-corrected chi connectivity index (χ2v) is 6.89. The Morgan fingerprint density at radius 2 is 1.97 bits per heavy atom. The molecule has 0 saturated carbocycles. The number of carbonyl (C=O) groups excluding carboxylic acids is 1. The van der Waals surface area contributed by atoms with Crippen molar-refractivity contribution in [2.24, 2.45) is 5.10 Å². The summed E-state index contributed by atoms with van der Waals surface area (Å²) in [5.74, 6) is 0.603. The summed E-state index contributed by atoms with van der Waals surface area (Å²) < 4.78 is 10.4. The van der Waals surface area contributed by atoms with Crippen LogP contribution in [0.3, 0.4) is 0 Å². The maximum Gasteiger partial charge on any atom is 0.283 e. The summed E-state index contributed by atoms with van der Waals surface area (Å²) >= 11 is 1.09. The topological polar surface area (TPSA) is 129 Å². The maximum atomic E-state index is 12.2. The zero-order chi connectivity index (χ0) is 20.9. The van der Waals surface area contributed by atoms with Gasteiger partial charge in [-0.1, -0.05) is 6.07 Å². The first-order valence-corrected chi connectivity index (χ1v) is 9.38. The molecule has 0 radical (unpaired) electrons. The number of carbonyl (C=O) groups is 1. The van der Waals surface area contributed by atoms with E-state index < -0.39 is 10.8 Å². The summed E-state index contributed by atoms with van der Waals surface area (Å²) in [5.41, 5.74) is 3.06. The third kappa shape index (κ3) is 4.36. The standard InChI is InChI=1S/C19H13N5O5S/c25-18(13-3-4-15-16(9-13)29-11-28-15)23-22-10-12-2-5-17(14(8-12)24(26)27)30-19-20-6-1-7-21-19/h1-10H,11H2,(H,23,25)/b22-10-. The Morgan fingerprint density at radius 1 is 1.17 bits per heavy atom. The van der Waals surface area contributed by atoms with E-state index in [0.29, 0.717) is 32.7 Å². The number of nitrogens with one attached hydrogen (secondary N) is 1. The second kappa shape index (κ2) is 8.57. The number of nitrogens with zero attached hydrogens (tertiary/aromatic N) is 4. The number of fused-ring (bicyclic) bond motifs is 1. The fraction of sp³-hybridized carbons (Fsp3) is 0.0526. The molecule has 1 N–H and O–H groups in total. The number of hydrazone groups is 1. The lowest BCUT2D eigenvalue weighted by molar-refractivity contribution is -0.387. The van der Waals surface area contributed by atoms with Gasteiger partial charge in [0.2, 0.25) is 6.79 Å². The van der Waals surface area contributed by atoms with Gasteiger partial charge in [0.05, 0.1) is 16.0 Å². The fourth-order valence-corrected chi connectivity index (χ4v) is 3.35. The summed E-state index contributed by atoms with van der Waals surface area (Å²) in [6.07, 6.45) is 4.45. The van der Waals surface area contributed by atoms with E-state index in [0.717, 1.165) is 11.8 Å². The predicted octanol–water partition coefficient (Wildman–Crippen LogP) is 3.03. The van der Waals surface area contributed by atoms with Gasteiger partial charge >= 0.3 is 0 Å². The Kier molecular flexibility index (Phi) is 5.52. The minimum atomic E-state index is -0.492. The first-order chi connectivity index (χ1) is 14.6. The van der Waals surface area contributed by atoms with Crippen molar-refractivity contribution in [1.82, 2.24) is 15.4 Å². The summed E-state index contributed by atoms with van der Waals surface area (Å²) in [4.78, 5) is 31.7. The average Bonchev–Trinajstić information content (AvgIpc) is 3.23. The van der Waals surface area contributed by atoms with Gasteiger partial charge in [-0.25, -0.2) is 15.4 Å². The molecule has 1 amide bonds. The van der Waals surface area contributed by atoms with E-state index in [2.05, 4.69) is 20.5 Å². The van der Waals surface area contributed by atoms with E-state index in [1.165, 1.54) is 12.3 Å². The SMILES string of the molecule is O=C(N/N=C\c1ccc(Sc2ncccn2)c([N+](=O)[O-])c1)c1ccc2c(c1)OCO2. The highest BCUT2D eigenvalue weighted by molar-refractivity contribution is 7.99. The number of amides is 1. The summed E-state index contributed by atoms with van der Waals surface area (Å²) in [6.45, 7) is 0.113. The monoisotopic (exact) mass is 423 g/mol. The van der Waals surface area contributed by atoms with Crippen molar-refractivity contribution >= 4 is 29.6 Å². The number of rotatable bonds is 6. The molecule has 0 saturated heterocycles. The van der Waals surface area contributed by atoms with Gasteiger partial charge in [0, 0.05) is 29.6 Å². The molecule has 0 spiro atoms. The smallest absolute Gasteiger partial charge is 0.283 e. The summed E-state index contributed by atoms with van der Waals surface area (Å²) in [6, 6.07) is 11.0. The Morgan fingerprint density at radius 3 is 2.77 bits per heavy atom. The van der Waals surface area contributed by atoms with Gasteiger partial charge in [0.1, 0.15) is 0 Å². The summed E-state index contributed by atoms with van der Waals surface area (Å²) in [5, 5.41) is 15.7. The van der Waals surface area contributed by atoms with Gasteiger partial charge in [0.15, 0.2) is 16.7 Å². The highest BCUT2D eigenvalue weighted by Gasteiger charge is 2.17. The highest BCUT2D eigenvalue weighted by atomic mass is 32.2. The molecular formula is C19H13N5O5S. The van der Waals surface area contributed by atoms with Crippen LogP contribution >= 0.6 is 11.8 Å². The average molecular weight is 423 g/mol. The van der Waals surface area contributed by atoms with Crippen molar-refractivity contribution < 1.29 is 19.2 Å². The molecule has 3 aromatic rings. The van der Waals surface area contributed by atoms with Crippen LogP contribution in [0.1, 0.15) is 15.9 Å². The van der Waals surface area contributed by atoms with Gasteiger partial charge in [0.25, 0.3) is 11.6 Å². The van der Waals surface area contributed by atoms with Crippen molar-refractivity contribution in [2.45, 2.75) is 10.1 Å². The molecule has 11 heteroatoms. The molecule has 1 aromatic heterocycles. The number of aromatic nitrogens is 2. The van der Waals surface area contributed by atoms with Crippen molar-refractivity contribution in [3.05, 3.63) is 76.1 Å². The zero-order valence-corrected chi connectivity index (χ0v) is 16.0. The minimum absolute atomic E-state index is 0.112. The number of hydrogen-bond acceptors (Lipinski definition) is 9. The maximum absolute atomic E-state index is 12.2. The Bertz CT molecular complexity index is 1140. The van der Waals surface area contributed by atoms with Gasteiger partial charge in [-0.15, -0.1) is 0 Å². The molecule has 0 aliphatic carbocycles. The lowest BCUT2D eigenvalue weighted by Gasteiger charge is -2.03. The van der Waals surface area contributed by atoms with Crippen LogP contribution in [0.2, 0.25) is 0 Å². The van der Waals surface area contributed by atoms with Gasteiger partial charge in [-0.3, -0.25) is 14.9 Å². The first-order valence-electron chi connectivity index (χ1n) is 8.56. The number of nitro groups is 1. The van der Waals surface area contributed by atoms with Crippen molar-refractivity contribution in [3.63, 3.8) is 0 Å². The van der Waals surface area contributed by atoms with E-state index >= 15 is 0 Å². The number of nitro benzene ring substituents is 1. The summed E-state index contributed by atoms with van der Waals surface area (Å²) in [7, 11) is 0. The van der Waals surface area contributed by atoms with E-state index in [-0.39, 0.29) is 12.5 Å². The van der Waals surface area contributed by atoms with Crippen LogP contribution in [0.15, 0.2) is 70.0 Å². The van der Waals surface area contributed by atoms with Crippen molar-refractivity contribution in [1.29, 1.82) is 0 Å². The van der Waals surface area contributed by atoms with Gasteiger partial charge in [-0.05, 0) is 42.1 Å². The molecule has 0 atom stereocenters. The molecule has 4 rings (SSSR count). The van der Waals surface area contributed by atoms with E-state index in [4.69, 9.17) is 9.47 Å². The molecule has 0 bridgehead atoms. The molecule has 0 fully saturated rings. The predicted molar refractivity (Wildman–Crippen MR) is 107 cm³/mol. The second-order valence-electron chi connectivity index (χ2n) is 5.88. The van der Waals surface area contributed by atoms with Crippen LogP contribution in [0.25, 0.3) is 0 Å². The van der Waals surface area contributed by atoms with Gasteiger partial charge < -0.3 is 9.47 Å². The molecule has 2 heterocycles. The van der Waals surface area contributed by atoms with Crippen LogP contribution < -0.4 is 14.9 Å². The van der Waals surface area contributed by atoms with Crippen LogP contribution in [0, 0.1) is 10.1 Å². The molecular weight excluding hydrogens is 410 g/mol.